The van der Waals surface area contributed by atoms with E-state index in [0.29, 0.717) is 5.92 Å². The zero-order chi connectivity index (χ0) is 24.3. The Kier molecular flexibility index (Phi) is 13.0. The molecular formula is C29H30FeNO3P+2. The molecule has 0 spiro atoms. The molecule has 1 amide bonds. The SMILES string of the molecule is COC(=O)[C@H](NC(=O)[C]1[CH][CH][CH][C]1P(c1ccccc1)c1ccccc1)C(C)C.[CH]1[CH][CH][CH][CH]1.[Fe+2]. The number of rotatable bonds is 7. The maximum atomic E-state index is 13.1. The van der Waals surface area contributed by atoms with E-state index in [1.165, 1.54) is 17.7 Å². The van der Waals surface area contributed by atoms with Crippen molar-refractivity contribution in [1.29, 1.82) is 0 Å². The van der Waals surface area contributed by atoms with E-state index in [-0.39, 0.29) is 28.9 Å². The molecule has 180 valence electrons. The van der Waals surface area contributed by atoms with Gasteiger partial charge in [0.25, 0.3) is 0 Å². The Morgan fingerprint density at radius 1 is 0.771 bits per heavy atom. The second-order valence-corrected chi connectivity index (χ2v) is 10.2. The molecule has 0 aromatic heterocycles. The number of hydrogen-bond acceptors (Lipinski definition) is 3. The van der Waals surface area contributed by atoms with E-state index in [9.17, 15) is 9.59 Å². The molecule has 1 atom stereocenters. The van der Waals surface area contributed by atoms with Crippen LogP contribution in [0.1, 0.15) is 13.8 Å². The summed E-state index contributed by atoms with van der Waals surface area (Å²) in [5.74, 6) is -0.170. The van der Waals surface area contributed by atoms with Crippen LogP contribution in [0.4, 0.5) is 0 Å². The largest absolute Gasteiger partial charge is 2.00 e. The first-order valence-corrected chi connectivity index (χ1v) is 12.6. The molecule has 10 radical (unpaired) electrons. The van der Waals surface area contributed by atoms with Crippen LogP contribution in [0, 0.1) is 68.9 Å². The quantitative estimate of drug-likeness (QED) is 0.334. The van der Waals surface area contributed by atoms with Gasteiger partial charge in [-0.05, 0) is 75.8 Å². The van der Waals surface area contributed by atoms with Gasteiger partial charge in [0.2, 0.25) is 5.91 Å². The predicted octanol–water partition coefficient (Wildman–Crippen LogP) is 4.19. The molecule has 2 fully saturated rings. The van der Waals surface area contributed by atoms with Gasteiger partial charge in [0.1, 0.15) is 6.04 Å². The van der Waals surface area contributed by atoms with Crippen LogP contribution in [0.2, 0.25) is 0 Å². The molecule has 4 nitrogen and oxygen atoms in total. The third kappa shape index (κ3) is 8.45. The molecule has 2 aromatic carbocycles. The van der Waals surface area contributed by atoms with E-state index >= 15 is 0 Å². The summed E-state index contributed by atoms with van der Waals surface area (Å²) < 4.78 is 4.86. The molecule has 2 aliphatic rings. The molecule has 0 aliphatic heterocycles. The minimum atomic E-state index is -0.898. The summed E-state index contributed by atoms with van der Waals surface area (Å²) in [6.45, 7) is 3.77. The van der Waals surface area contributed by atoms with Gasteiger partial charge in [-0.2, -0.15) is 0 Å². The first-order chi connectivity index (χ1) is 16.5. The van der Waals surface area contributed by atoms with Gasteiger partial charge in [0, 0.05) is 5.66 Å². The number of benzene rings is 2. The van der Waals surface area contributed by atoms with Crippen molar-refractivity contribution in [3.8, 4) is 0 Å². The standard InChI is InChI=1S/C24H25NO3P.C5H5.Fe/c1-17(2)22(24(27)28-3)25-23(26)20-15-10-16-21(20)29(18-11-6-4-7-12-18)19-13-8-5-9-14-19;1-2-4-5-3-1;/h4-17,22H,1-3H3,(H,25,26);1-5H;/q;;+2/t22-;;/m1../s1. The molecule has 0 unspecified atom stereocenters. The Balaban J connectivity index is 0.000000640. The molecule has 6 heteroatoms. The van der Waals surface area contributed by atoms with Crippen molar-refractivity contribution in [3.05, 3.63) is 124 Å². The first kappa shape index (κ1) is 29.6. The molecule has 35 heavy (non-hydrogen) atoms. The van der Waals surface area contributed by atoms with Crippen LogP contribution in [-0.2, 0) is 31.4 Å². The van der Waals surface area contributed by atoms with Crippen LogP contribution in [0.3, 0.4) is 0 Å². The molecular weight excluding hydrogens is 497 g/mol. The van der Waals surface area contributed by atoms with E-state index < -0.39 is 19.9 Å². The molecule has 2 aromatic rings. The summed E-state index contributed by atoms with van der Waals surface area (Å²) in [5, 5.41) is 5.20. The molecule has 0 saturated heterocycles. The average Bonchev–Trinajstić information content (AvgIpc) is 3.59. The van der Waals surface area contributed by atoms with Crippen molar-refractivity contribution in [2.45, 2.75) is 19.9 Å². The van der Waals surface area contributed by atoms with Gasteiger partial charge in [0.05, 0.1) is 13.0 Å². The van der Waals surface area contributed by atoms with Gasteiger partial charge in [-0.25, -0.2) is 4.79 Å². The maximum Gasteiger partial charge on any atom is 2.00 e. The molecule has 0 bridgehead atoms. The number of esters is 1. The number of carbonyl (C=O) groups excluding carboxylic acids is 2. The third-order valence-electron chi connectivity index (χ3n) is 5.27. The van der Waals surface area contributed by atoms with Crippen LogP contribution in [0.15, 0.2) is 60.7 Å². The minimum absolute atomic E-state index is 0. The summed E-state index contributed by atoms with van der Waals surface area (Å²) in [6, 6.07) is 19.7. The number of methoxy groups -OCH3 is 1. The summed E-state index contributed by atoms with van der Waals surface area (Å²) in [6.07, 6.45) is 15.7. The van der Waals surface area contributed by atoms with E-state index in [1.807, 2.05) is 102 Å². The fourth-order valence-corrected chi connectivity index (χ4v) is 5.99. The molecule has 2 saturated carbocycles. The Morgan fingerprint density at radius 3 is 1.69 bits per heavy atom. The average molecular weight is 527 g/mol. The molecule has 0 heterocycles. The number of carbonyl (C=O) groups is 2. The Hall–Kier alpha value is -1.67. The first-order valence-electron chi connectivity index (χ1n) is 11.2. The van der Waals surface area contributed by atoms with Gasteiger partial charge < -0.3 is 10.1 Å². The van der Waals surface area contributed by atoms with E-state index in [2.05, 4.69) is 29.6 Å². The van der Waals surface area contributed by atoms with E-state index in [4.69, 9.17) is 4.74 Å². The Morgan fingerprint density at radius 2 is 1.26 bits per heavy atom. The molecule has 4 rings (SSSR count). The number of amides is 1. The van der Waals surface area contributed by atoms with Crippen molar-refractivity contribution in [2.75, 3.05) is 7.11 Å². The fraction of sp³-hybridized carbons (Fsp3) is 0.172. The second-order valence-electron chi connectivity index (χ2n) is 8.01. The van der Waals surface area contributed by atoms with Crippen molar-refractivity contribution in [1.82, 2.24) is 5.32 Å². The van der Waals surface area contributed by atoms with Gasteiger partial charge in [0.15, 0.2) is 0 Å². The summed E-state index contributed by atoms with van der Waals surface area (Å²) in [5.41, 5.74) is 0.974. The van der Waals surface area contributed by atoms with Crippen molar-refractivity contribution >= 4 is 30.4 Å². The minimum Gasteiger partial charge on any atom is -0.467 e. The van der Waals surface area contributed by atoms with Crippen LogP contribution in [-0.4, -0.2) is 25.0 Å². The number of hydrogen-bond donors (Lipinski definition) is 1. The summed E-state index contributed by atoms with van der Waals surface area (Å²) in [7, 11) is 0.437. The fourth-order valence-electron chi connectivity index (χ4n) is 3.54. The maximum absolute atomic E-state index is 13.1. The molecule has 2 aliphatic carbocycles. The second kappa shape index (κ2) is 15.4. The monoisotopic (exact) mass is 527 g/mol. The Bertz CT molecular complexity index is 842. The van der Waals surface area contributed by atoms with Gasteiger partial charge >= 0.3 is 23.0 Å². The van der Waals surface area contributed by atoms with Crippen LogP contribution in [0.25, 0.3) is 0 Å². The smallest absolute Gasteiger partial charge is 0.467 e. The number of nitrogens with one attached hydrogen (secondary N) is 1. The van der Waals surface area contributed by atoms with E-state index in [0.717, 1.165) is 5.66 Å². The zero-order valence-electron chi connectivity index (χ0n) is 20.1. The third-order valence-corrected chi connectivity index (χ3v) is 7.77. The summed E-state index contributed by atoms with van der Waals surface area (Å²) >= 11 is 0. The van der Waals surface area contributed by atoms with Crippen LogP contribution >= 0.6 is 7.92 Å². The summed E-state index contributed by atoms with van der Waals surface area (Å²) in [4.78, 5) is 25.2. The molecule has 1 N–H and O–H groups in total. The van der Waals surface area contributed by atoms with Gasteiger partial charge in [-0.3, -0.25) is 4.79 Å². The Labute approximate surface area is 223 Å². The van der Waals surface area contributed by atoms with Crippen molar-refractivity contribution < 1.29 is 31.4 Å². The zero-order valence-corrected chi connectivity index (χ0v) is 22.1. The van der Waals surface area contributed by atoms with Gasteiger partial charge in [-0.1, -0.05) is 74.5 Å². The number of ether oxygens (including phenoxy) is 1. The normalized spacial score (nSPS) is 16.8. The van der Waals surface area contributed by atoms with E-state index in [1.54, 1.807) is 0 Å². The topological polar surface area (TPSA) is 55.4 Å². The van der Waals surface area contributed by atoms with Gasteiger partial charge in [-0.15, -0.1) is 0 Å². The van der Waals surface area contributed by atoms with Crippen LogP contribution in [0.5, 0.6) is 0 Å². The van der Waals surface area contributed by atoms with Crippen molar-refractivity contribution in [3.63, 3.8) is 0 Å². The van der Waals surface area contributed by atoms with Crippen molar-refractivity contribution in [2.24, 2.45) is 5.92 Å². The van der Waals surface area contributed by atoms with Crippen LogP contribution < -0.4 is 15.9 Å². The predicted molar refractivity (Wildman–Crippen MR) is 139 cm³/mol.